The quantitative estimate of drug-likeness (QED) is 0.120. The highest BCUT2D eigenvalue weighted by molar-refractivity contribution is 5.88. The highest BCUT2D eigenvalue weighted by atomic mass is 16.5. The zero-order valence-electron chi connectivity index (χ0n) is 33.1. The molecule has 52 heavy (non-hydrogen) atoms. The minimum atomic E-state index is -0.819. The highest BCUT2D eigenvalue weighted by Gasteiger charge is 2.43. The van der Waals surface area contributed by atoms with Crippen LogP contribution in [0.3, 0.4) is 0 Å². The smallest absolute Gasteiger partial charge is 0.245 e. The van der Waals surface area contributed by atoms with E-state index in [2.05, 4.69) is 16.0 Å². The third kappa shape index (κ3) is 12.5. The van der Waals surface area contributed by atoms with Gasteiger partial charge < -0.3 is 45.4 Å². The lowest BCUT2D eigenvalue weighted by atomic mass is 9.89. The van der Waals surface area contributed by atoms with Crippen molar-refractivity contribution in [2.75, 3.05) is 41.5 Å². The first kappa shape index (κ1) is 45.1. The van der Waals surface area contributed by atoms with Crippen molar-refractivity contribution in [2.45, 2.75) is 129 Å². The predicted octanol–water partition coefficient (Wildman–Crippen LogP) is 2.13. The number of methoxy groups -OCH3 is 2. The van der Waals surface area contributed by atoms with Gasteiger partial charge in [-0.1, -0.05) is 71.4 Å². The Kier molecular flexibility index (Phi) is 19.2. The van der Waals surface area contributed by atoms with Crippen LogP contribution >= 0.6 is 0 Å². The molecule has 0 bridgehead atoms. The van der Waals surface area contributed by atoms with Gasteiger partial charge in [0.1, 0.15) is 6.04 Å². The zero-order chi connectivity index (χ0) is 39.1. The van der Waals surface area contributed by atoms with E-state index in [0.29, 0.717) is 19.4 Å². The number of hydrogen-bond donors (Lipinski definition) is 5. The molecular formula is C39H67N5O8. The van der Waals surface area contributed by atoms with Crippen LogP contribution in [0.5, 0.6) is 0 Å². The van der Waals surface area contributed by atoms with Gasteiger partial charge in [-0.3, -0.25) is 19.2 Å². The van der Waals surface area contributed by atoms with Gasteiger partial charge in [-0.15, -0.1) is 0 Å². The van der Waals surface area contributed by atoms with Crippen LogP contribution in [0.15, 0.2) is 30.3 Å². The van der Waals surface area contributed by atoms with Crippen molar-refractivity contribution in [3.05, 3.63) is 35.9 Å². The summed E-state index contributed by atoms with van der Waals surface area (Å²) < 4.78 is 11.9. The average Bonchev–Trinajstić information content (AvgIpc) is 3.61. The number of aliphatic hydroxyl groups excluding tert-OH is 2. The summed E-state index contributed by atoms with van der Waals surface area (Å²) in [5.41, 5.74) is 1.00. The van der Waals surface area contributed by atoms with E-state index in [1.54, 1.807) is 52.0 Å². The summed E-state index contributed by atoms with van der Waals surface area (Å²) in [6, 6.07) is 7.09. The number of likely N-dealkylation sites (N-methyl/N-ethyl adjacent to an activating group) is 2. The van der Waals surface area contributed by atoms with E-state index in [1.165, 1.54) is 0 Å². The molecule has 1 aliphatic heterocycles. The fraction of sp³-hybridized carbons (Fsp3) is 0.744. The van der Waals surface area contributed by atoms with Gasteiger partial charge in [0, 0.05) is 40.3 Å². The van der Waals surface area contributed by atoms with E-state index >= 15 is 0 Å². The van der Waals surface area contributed by atoms with E-state index in [1.807, 2.05) is 58.0 Å². The summed E-state index contributed by atoms with van der Waals surface area (Å²) in [6.07, 6.45) is 0.668. The molecule has 0 spiro atoms. The normalized spacial score (nSPS) is 19.9. The number of hydrogen-bond acceptors (Lipinski definition) is 9. The molecule has 296 valence electrons. The molecule has 0 aliphatic carbocycles. The van der Waals surface area contributed by atoms with Gasteiger partial charge in [-0.05, 0) is 50.6 Å². The molecule has 1 aromatic carbocycles. The highest BCUT2D eigenvalue weighted by Crippen LogP contribution is 2.29. The summed E-state index contributed by atoms with van der Waals surface area (Å²) in [5.74, 6) is -1.91. The number of amides is 4. The molecule has 1 fully saturated rings. The standard InChI is InChI=1S/C39H67N5O8/c1-11-25(4)36(43(8)39(50)35(24(2)3)42-33(47)21-30(40-7)27(6)46)32(51-9)22-34(48)44-19-15-18-31(44)37(52-10)26(5)38(49)41-29(23-45)20-28-16-13-12-14-17-28/h12-14,16-17,24-27,29-32,35-37,40,45-46H,11,15,18-23H2,1-10H3,(H,41,49)(H,42,47)/t25-,26+,27+,29-,30+,31-,32+,35-,36-,37+/m0/s1. The molecule has 2 rings (SSSR count). The van der Waals surface area contributed by atoms with E-state index in [4.69, 9.17) is 9.47 Å². The molecule has 10 atom stereocenters. The third-order valence-electron chi connectivity index (χ3n) is 10.8. The average molecular weight is 734 g/mol. The number of aliphatic hydroxyl groups is 2. The maximum Gasteiger partial charge on any atom is 0.245 e. The maximum atomic E-state index is 14.1. The molecule has 0 radical (unpaired) electrons. The van der Waals surface area contributed by atoms with Crippen LogP contribution in [0.2, 0.25) is 0 Å². The molecule has 1 saturated heterocycles. The lowest BCUT2D eigenvalue weighted by Gasteiger charge is -2.41. The Hall–Kier alpha value is -3.10. The fourth-order valence-corrected chi connectivity index (χ4v) is 7.38. The fourth-order valence-electron chi connectivity index (χ4n) is 7.38. The number of rotatable bonds is 22. The Labute approximate surface area is 311 Å². The van der Waals surface area contributed by atoms with Gasteiger partial charge in [0.15, 0.2) is 0 Å². The summed E-state index contributed by atoms with van der Waals surface area (Å²) >= 11 is 0. The Morgan fingerprint density at radius 1 is 1.00 bits per heavy atom. The summed E-state index contributed by atoms with van der Waals surface area (Å²) in [4.78, 5) is 58.0. The van der Waals surface area contributed by atoms with Crippen molar-refractivity contribution >= 4 is 23.6 Å². The molecule has 0 unspecified atom stereocenters. The van der Waals surface area contributed by atoms with Crippen LogP contribution in [0.4, 0.5) is 0 Å². The largest absolute Gasteiger partial charge is 0.394 e. The van der Waals surface area contributed by atoms with Crippen LogP contribution in [-0.4, -0.2) is 134 Å². The molecule has 1 aliphatic rings. The van der Waals surface area contributed by atoms with E-state index < -0.39 is 48.4 Å². The first-order valence-electron chi connectivity index (χ1n) is 18.9. The van der Waals surface area contributed by atoms with Gasteiger partial charge in [-0.25, -0.2) is 0 Å². The molecule has 5 N–H and O–H groups in total. The first-order chi connectivity index (χ1) is 24.6. The molecule has 13 nitrogen and oxygen atoms in total. The second-order valence-corrected chi connectivity index (χ2v) is 14.8. The minimum Gasteiger partial charge on any atom is -0.394 e. The Bertz CT molecular complexity index is 1250. The molecule has 0 saturated carbocycles. The third-order valence-corrected chi connectivity index (χ3v) is 10.8. The number of nitrogens with one attached hydrogen (secondary N) is 3. The van der Waals surface area contributed by atoms with Crippen molar-refractivity contribution in [1.29, 1.82) is 0 Å². The van der Waals surface area contributed by atoms with Gasteiger partial charge in [0.05, 0.1) is 55.4 Å². The van der Waals surface area contributed by atoms with Crippen molar-refractivity contribution in [3.8, 4) is 0 Å². The van der Waals surface area contributed by atoms with Crippen molar-refractivity contribution in [1.82, 2.24) is 25.8 Å². The van der Waals surface area contributed by atoms with Crippen LogP contribution in [0.25, 0.3) is 0 Å². The molecule has 1 aromatic rings. The van der Waals surface area contributed by atoms with Crippen LogP contribution in [-0.2, 0) is 35.1 Å². The molecular weight excluding hydrogens is 666 g/mol. The molecule has 0 aromatic heterocycles. The summed E-state index contributed by atoms with van der Waals surface area (Å²) in [6.45, 7) is 11.5. The zero-order valence-corrected chi connectivity index (χ0v) is 33.1. The number of benzene rings is 1. The van der Waals surface area contributed by atoms with Gasteiger partial charge in [-0.2, -0.15) is 0 Å². The molecule has 1 heterocycles. The van der Waals surface area contributed by atoms with Crippen LogP contribution < -0.4 is 16.0 Å². The lowest BCUT2D eigenvalue weighted by molar-refractivity contribution is -0.147. The van der Waals surface area contributed by atoms with E-state index in [9.17, 15) is 29.4 Å². The number of nitrogens with zero attached hydrogens (tertiary/aromatic N) is 2. The van der Waals surface area contributed by atoms with Crippen LogP contribution in [0.1, 0.15) is 79.2 Å². The topological polar surface area (TPSA) is 170 Å². The Balaban J connectivity index is 2.22. The van der Waals surface area contributed by atoms with Crippen molar-refractivity contribution < 1.29 is 38.9 Å². The number of carbonyl (C=O) groups is 4. The van der Waals surface area contributed by atoms with Crippen molar-refractivity contribution in [3.63, 3.8) is 0 Å². The van der Waals surface area contributed by atoms with E-state index in [-0.39, 0.29) is 61.0 Å². The van der Waals surface area contributed by atoms with Gasteiger partial charge >= 0.3 is 0 Å². The van der Waals surface area contributed by atoms with Gasteiger partial charge in [0.2, 0.25) is 23.6 Å². The SMILES string of the molecule is CC[C@H](C)[C@@H]([C@@H](CC(=O)N1CCC[C@H]1[C@H](OC)[C@@H](C)C(=O)N[C@H](CO)Cc1ccccc1)OC)N(C)C(=O)[C@@H](NC(=O)C[C@@H](NC)[C@@H](C)O)C(C)C. The lowest BCUT2D eigenvalue weighted by Crippen LogP contribution is -2.58. The summed E-state index contributed by atoms with van der Waals surface area (Å²) in [5, 5.41) is 28.8. The minimum absolute atomic E-state index is 0.00776. The number of likely N-dealkylation sites (tertiary alicyclic amines) is 1. The molecule has 13 heteroatoms. The second kappa shape index (κ2) is 22.2. The Morgan fingerprint density at radius 2 is 1.65 bits per heavy atom. The van der Waals surface area contributed by atoms with E-state index in [0.717, 1.165) is 18.4 Å². The Morgan fingerprint density at radius 3 is 2.17 bits per heavy atom. The number of ether oxygens (including phenoxy) is 2. The number of carbonyl (C=O) groups excluding carboxylic acids is 4. The predicted molar refractivity (Wildman–Crippen MR) is 201 cm³/mol. The summed E-state index contributed by atoms with van der Waals surface area (Å²) in [7, 11) is 6.46. The second-order valence-electron chi connectivity index (χ2n) is 14.8. The van der Waals surface area contributed by atoms with Crippen molar-refractivity contribution in [2.24, 2.45) is 17.8 Å². The monoisotopic (exact) mass is 733 g/mol. The molecule has 4 amide bonds. The van der Waals surface area contributed by atoms with Gasteiger partial charge in [0.25, 0.3) is 0 Å². The first-order valence-corrected chi connectivity index (χ1v) is 18.9. The van der Waals surface area contributed by atoms with Crippen LogP contribution in [0, 0.1) is 17.8 Å². The maximum absolute atomic E-state index is 14.1.